The number of sulfonamides is 1. The third-order valence-electron chi connectivity index (χ3n) is 3.11. The minimum atomic E-state index is -3.79. The summed E-state index contributed by atoms with van der Waals surface area (Å²) in [4.78, 5) is 8.28. The summed E-state index contributed by atoms with van der Waals surface area (Å²) in [5.41, 5.74) is 1.19. The molecule has 3 rings (SSSR count). The molecule has 0 bridgehead atoms. The molecule has 5 nitrogen and oxygen atoms in total. The van der Waals surface area contributed by atoms with Gasteiger partial charge in [0.2, 0.25) is 0 Å². The molecule has 2 aromatic carbocycles. The smallest absolute Gasteiger partial charge is 0.261 e. The van der Waals surface area contributed by atoms with Gasteiger partial charge in [-0.15, -0.1) is 0 Å². The Morgan fingerprint density at radius 3 is 2.04 bits per heavy atom. The highest BCUT2D eigenvalue weighted by molar-refractivity contribution is 7.92. The molecule has 0 spiro atoms. The standard InChI is InChI=1S/C16H11Cl2N3O2S/c17-12-8-13(18)10-15(9-12)24(22,23)21-14-4-2-11(3-5-14)16-19-6-1-7-20-16/h1-10,21H. The molecule has 0 aliphatic carbocycles. The lowest BCUT2D eigenvalue weighted by molar-refractivity contribution is 0.601. The van der Waals surface area contributed by atoms with E-state index in [0.29, 0.717) is 11.5 Å². The molecule has 1 heterocycles. The van der Waals surface area contributed by atoms with Gasteiger partial charge in [-0.2, -0.15) is 0 Å². The monoisotopic (exact) mass is 379 g/mol. The molecule has 0 saturated heterocycles. The highest BCUT2D eigenvalue weighted by Gasteiger charge is 2.16. The third kappa shape index (κ3) is 3.84. The lowest BCUT2D eigenvalue weighted by atomic mass is 10.2. The number of nitrogens with one attached hydrogen (secondary N) is 1. The van der Waals surface area contributed by atoms with E-state index >= 15 is 0 Å². The van der Waals surface area contributed by atoms with E-state index in [1.54, 1.807) is 42.7 Å². The summed E-state index contributed by atoms with van der Waals surface area (Å²) in [5.74, 6) is 0.563. The van der Waals surface area contributed by atoms with Gasteiger partial charge in [-0.05, 0) is 48.5 Å². The van der Waals surface area contributed by atoms with Gasteiger partial charge in [0.1, 0.15) is 0 Å². The minimum absolute atomic E-state index is 0.00420. The van der Waals surface area contributed by atoms with E-state index in [0.717, 1.165) is 5.56 Å². The molecule has 0 unspecified atom stereocenters. The lowest BCUT2D eigenvalue weighted by Gasteiger charge is -2.09. The Morgan fingerprint density at radius 1 is 0.875 bits per heavy atom. The second-order valence-corrected chi connectivity index (χ2v) is 7.42. The fourth-order valence-electron chi connectivity index (χ4n) is 2.03. The molecule has 0 saturated carbocycles. The van der Waals surface area contributed by atoms with Crippen molar-refractivity contribution in [2.45, 2.75) is 4.90 Å². The normalized spacial score (nSPS) is 11.2. The molecule has 0 fully saturated rings. The molecule has 3 aromatic rings. The number of halogens is 2. The van der Waals surface area contributed by atoms with E-state index in [2.05, 4.69) is 14.7 Å². The molecule has 1 aromatic heterocycles. The van der Waals surface area contributed by atoms with Gasteiger partial charge in [-0.1, -0.05) is 23.2 Å². The molecule has 1 N–H and O–H groups in total. The van der Waals surface area contributed by atoms with Gasteiger partial charge in [0.15, 0.2) is 5.82 Å². The van der Waals surface area contributed by atoms with E-state index in [1.165, 1.54) is 18.2 Å². The van der Waals surface area contributed by atoms with Crippen molar-refractivity contribution in [1.82, 2.24) is 9.97 Å². The van der Waals surface area contributed by atoms with Gasteiger partial charge in [-0.25, -0.2) is 18.4 Å². The minimum Gasteiger partial charge on any atom is -0.280 e. The van der Waals surface area contributed by atoms with E-state index in [9.17, 15) is 8.42 Å². The van der Waals surface area contributed by atoms with Crippen molar-refractivity contribution >= 4 is 38.9 Å². The highest BCUT2D eigenvalue weighted by Crippen LogP contribution is 2.25. The Balaban J connectivity index is 1.85. The summed E-state index contributed by atoms with van der Waals surface area (Å²) >= 11 is 11.7. The molecule has 24 heavy (non-hydrogen) atoms. The third-order valence-corrected chi connectivity index (χ3v) is 4.90. The van der Waals surface area contributed by atoms with Gasteiger partial charge in [-0.3, -0.25) is 4.72 Å². The largest absolute Gasteiger partial charge is 0.280 e. The Kier molecular flexibility index (Phi) is 4.71. The number of nitrogens with zero attached hydrogens (tertiary/aromatic N) is 2. The van der Waals surface area contributed by atoms with Gasteiger partial charge in [0, 0.05) is 33.7 Å². The molecule has 0 radical (unpaired) electrons. The van der Waals surface area contributed by atoms with Crippen molar-refractivity contribution < 1.29 is 8.42 Å². The molecular formula is C16H11Cl2N3O2S. The molecule has 0 aliphatic heterocycles. The average Bonchev–Trinajstić information content (AvgIpc) is 2.55. The summed E-state index contributed by atoms with van der Waals surface area (Å²) < 4.78 is 27.3. The van der Waals surface area contributed by atoms with Gasteiger partial charge >= 0.3 is 0 Å². The molecule has 0 amide bonds. The van der Waals surface area contributed by atoms with Crippen LogP contribution in [0, 0.1) is 0 Å². The SMILES string of the molecule is O=S(=O)(Nc1ccc(-c2ncccn2)cc1)c1cc(Cl)cc(Cl)c1. The zero-order valence-corrected chi connectivity index (χ0v) is 14.5. The lowest BCUT2D eigenvalue weighted by Crippen LogP contribution is -2.12. The summed E-state index contributed by atoms with van der Waals surface area (Å²) in [7, 11) is -3.79. The fourth-order valence-corrected chi connectivity index (χ4v) is 3.82. The molecule has 0 aliphatic rings. The first kappa shape index (κ1) is 16.7. The van der Waals surface area contributed by atoms with Crippen LogP contribution in [0.2, 0.25) is 10.0 Å². The van der Waals surface area contributed by atoms with Crippen LogP contribution in [0.25, 0.3) is 11.4 Å². The van der Waals surface area contributed by atoms with Crippen molar-refractivity contribution in [3.63, 3.8) is 0 Å². The number of hydrogen-bond acceptors (Lipinski definition) is 4. The van der Waals surface area contributed by atoms with Gasteiger partial charge in [0.25, 0.3) is 10.0 Å². The van der Waals surface area contributed by atoms with Crippen molar-refractivity contribution in [2.75, 3.05) is 4.72 Å². The maximum atomic E-state index is 12.4. The maximum absolute atomic E-state index is 12.4. The Labute approximate surface area is 149 Å². The molecule has 8 heteroatoms. The number of aromatic nitrogens is 2. The van der Waals surface area contributed by atoms with E-state index < -0.39 is 10.0 Å². The first-order chi connectivity index (χ1) is 11.4. The van der Waals surface area contributed by atoms with Gasteiger partial charge in [0.05, 0.1) is 4.90 Å². The molecular weight excluding hydrogens is 369 g/mol. The van der Waals surface area contributed by atoms with Crippen LogP contribution in [0.1, 0.15) is 0 Å². The van der Waals surface area contributed by atoms with Crippen molar-refractivity contribution in [3.8, 4) is 11.4 Å². The molecule has 0 atom stereocenters. The van der Waals surface area contributed by atoms with Gasteiger partial charge < -0.3 is 0 Å². The summed E-state index contributed by atoms with van der Waals surface area (Å²) in [5, 5.41) is 0.499. The quantitative estimate of drug-likeness (QED) is 0.735. The van der Waals surface area contributed by atoms with Crippen LogP contribution in [-0.2, 0) is 10.0 Å². The van der Waals surface area contributed by atoms with Crippen LogP contribution in [0.4, 0.5) is 5.69 Å². The Hall–Kier alpha value is -2.15. The summed E-state index contributed by atoms with van der Waals surface area (Å²) in [6, 6.07) is 12.6. The maximum Gasteiger partial charge on any atom is 0.261 e. The average molecular weight is 380 g/mol. The summed E-state index contributed by atoms with van der Waals surface area (Å²) in [6.07, 6.45) is 3.28. The first-order valence-electron chi connectivity index (χ1n) is 6.80. The van der Waals surface area contributed by atoms with Crippen LogP contribution < -0.4 is 4.72 Å². The number of rotatable bonds is 4. The van der Waals surface area contributed by atoms with Crippen LogP contribution >= 0.6 is 23.2 Å². The first-order valence-corrected chi connectivity index (χ1v) is 9.04. The number of benzene rings is 2. The summed E-state index contributed by atoms with van der Waals surface area (Å²) in [6.45, 7) is 0. The highest BCUT2D eigenvalue weighted by atomic mass is 35.5. The van der Waals surface area contributed by atoms with Crippen LogP contribution in [0.5, 0.6) is 0 Å². The number of hydrogen-bond donors (Lipinski definition) is 1. The van der Waals surface area contributed by atoms with Crippen molar-refractivity contribution in [1.29, 1.82) is 0 Å². The Bertz CT molecular complexity index is 942. The zero-order valence-electron chi connectivity index (χ0n) is 12.1. The van der Waals surface area contributed by atoms with E-state index in [1.807, 2.05) is 0 Å². The predicted molar refractivity (Wildman–Crippen MR) is 94.7 cm³/mol. The zero-order chi connectivity index (χ0) is 17.2. The van der Waals surface area contributed by atoms with Crippen molar-refractivity contribution in [2.24, 2.45) is 0 Å². The Morgan fingerprint density at radius 2 is 1.46 bits per heavy atom. The molecule has 122 valence electrons. The van der Waals surface area contributed by atoms with E-state index in [4.69, 9.17) is 23.2 Å². The predicted octanol–water partition coefficient (Wildman–Crippen LogP) is 4.25. The van der Waals surface area contributed by atoms with E-state index in [-0.39, 0.29) is 14.9 Å². The second kappa shape index (κ2) is 6.76. The van der Waals surface area contributed by atoms with Crippen LogP contribution in [0.3, 0.4) is 0 Å². The van der Waals surface area contributed by atoms with Crippen molar-refractivity contribution in [3.05, 3.63) is 71.0 Å². The number of anilines is 1. The second-order valence-electron chi connectivity index (χ2n) is 4.86. The van der Waals surface area contributed by atoms with Crippen LogP contribution in [0.15, 0.2) is 65.8 Å². The topological polar surface area (TPSA) is 72.0 Å². The fraction of sp³-hybridized carbons (Fsp3) is 0. The van der Waals surface area contributed by atoms with Crippen LogP contribution in [-0.4, -0.2) is 18.4 Å².